The molecule has 19 heavy (non-hydrogen) atoms. The summed E-state index contributed by atoms with van der Waals surface area (Å²) in [6.45, 7) is 5.07. The van der Waals surface area contributed by atoms with Gasteiger partial charge < -0.3 is 16.9 Å². The maximum Gasteiger partial charge on any atom is 0.214 e. The van der Waals surface area contributed by atoms with Crippen LogP contribution in [0.1, 0.15) is 20.3 Å². The Kier molecular flexibility index (Phi) is 9.14. The first-order valence-electron chi connectivity index (χ1n) is 6.02. The van der Waals surface area contributed by atoms with E-state index < -0.39 is 10.0 Å². The molecule has 0 fully saturated rings. The number of quaternary nitrogens is 1. The molecule has 0 atom stereocenters. The SMILES string of the molecule is CN(CC[N+](C)(C)C)S(=O)(=O)CCC(C)(C)NCl.[Cl-]. The van der Waals surface area contributed by atoms with Gasteiger partial charge in [0.15, 0.2) is 0 Å². The highest BCUT2D eigenvalue weighted by atomic mass is 35.5. The fraction of sp³-hybridized carbons (Fsp3) is 1.00. The lowest BCUT2D eigenvalue weighted by Gasteiger charge is -2.28. The van der Waals surface area contributed by atoms with Gasteiger partial charge in [-0.15, -0.1) is 0 Å². The van der Waals surface area contributed by atoms with E-state index in [0.29, 0.717) is 13.0 Å². The third kappa shape index (κ3) is 9.87. The third-order valence-corrected chi connectivity index (χ3v) is 5.17. The summed E-state index contributed by atoms with van der Waals surface area (Å²) in [4.78, 5) is 2.60. The van der Waals surface area contributed by atoms with E-state index in [4.69, 9.17) is 11.8 Å². The standard InChI is InChI=1S/C11H27ClN3O2S.ClH/c1-11(2,13-12)7-10-18(16,17)14(3)8-9-15(4,5)6;/h13H,7-10H2,1-6H3;1H/q+1;/p-1. The van der Waals surface area contributed by atoms with Crippen LogP contribution in [0.15, 0.2) is 0 Å². The van der Waals surface area contributed by atoms with Crippen molar-refractivity contribution in [3.63, 3.8) is 0 Å². The molecule has 0 radical (unpaired) electrons. The second-order valence-corrected chi connectivity index (χ2v) is 8.76. The van der Waals surface area contributed by atoms with Crippen molar-refractivity contribution in [1.29, 1.82) is 0 Å². The molecule has 1 N–H and O–H groups in total. The monoisotopic (exact) mass is 335 g/mol. The Balaban J connectivity index is 0. The zero-order chi connectivity index (χ0) is 14.6. The maximum absolute atomic E-state index is 12.1. The van der Waals surface area contributed by atoms with Gasteiger partial charge in [0, 0.05) is 12.6 Å². The van der Waals surface area contributed by atoms with Gasteiger partial charge in [-0.1, -0.05) is 0 Å². The summed E-state index contributed by atoms with van der Waals surface area (Å²) in [6.07, 6.45) is 0.480. The van der Waals surface area contributed by atoms with E-state index in [9.17, 15) is 8.42 Å². The normalized spacial score (nSPS) is 13.5. The van der Waals surface area contributed by atoms with Crippen molar-refractivity contribution in [2.45, 2.75) is 25.8 Å². The molecular weight excluding hydrogens is 309 g/mol. The molecule has 0 aliphatic carbocycles. The number of nitrogens with zero attached hydrogens (tertiary/aromatic N) is 2. The molecule has 0 saturated carbocycles. The van der Waals surface area contributed by atoms with E-state index in [2.05, 4.69) is 4.84 Å². The van der Waals surface area contributed by atoms with E-state index in [1.165, 1.54) is 4.31 Å². The topological polar surface area (TPSA) is 49.4 Å². The number of sulfonamides is 1. The van der Waals surface area contributed by atoms with Crippen LogP contribution in [-0.2, 0) is 10.0 Å². The predicted molar refractivity (Wildman–Crippen MR) is 77.0 cm³/mol. The van der Waals surface area contributed by atoms with Gasteiger partial charge >= 0.3 is 0 Å². The van der Waals surface area contributed by atoms with E-state index in [1.807, 2.05) is 35.0 Å². The number of rotatable bonds is 8. The van der Waals surface area contributed by atoms with E-state index in [0.717, 1.165) is 11.0 Å². The lowest BCUT2D eigenvalue weighted by atomic mass is 10.0. The van der Waals surface area contributed by atoms with Crippen LogP contribution in [0.5, 0.6) is 0 Å². The molecule has 0 spiro atoms. The number of halogens is 2. The van der Waals surface area contributed by atoms with Crippen molar-refractivity contribution in [3.8, 4) is 0 Å². The molecule has 0 saturated heterocycles. The largest absolute Gasteiger partial charge is 1.00 e. The van der Waals surface area contributed by atoms with Crippen LogP contribution in [0.2, 0.25) is 0 Å². The van der Waals surface area contributed by atoms with Crippen molar-refractivity contribution < 1.29 is 25.3 Å². The van der Waals surface area contributed by atoms with Crippen LogP contribution < -0.4 is 17.2 Å². The van der Waals surface area contributed by atoms with Gasteiger partial charge in [0.2, 0.25) is 10.0 Å². The summed E-state index contributed by atoms with van der Waals surface area (Å²) in [6, 6.07) is 0. The molecule has 0 aliphatic rings. The molecule has 0 amide bonds. The molecule has 5 nitrogen and oxygen atoms in total. The molecule has 0 aromatic carbocycles. The molecule has 118 valence electrons. The van der Waals surface area contributed by atoms with Crippen molar-refractivity contribution in [3.05, 3.63) is 0 Å². The summed E-state index contributed by atoms with van der Waals surface area (Å²) in [7, 11) is 4.56. The average Bonchev–Trinajstić information content (AvgIpc) is 2.22. The summed E-state index contributed by atoms with van der Waals surface area (Å²) in [5.41, 5.74) is -0.379. The highest BCUT2D eigenvalue weighted by Gasteiger charge is 2.24. The first-order valence-corrected chi connectivity index (χ1v) is 8.01. The number of nitrogens with one attached hydrogen (secondary N) is 1. The minimum Gasteiger partial charge on any atom is -1.00 e. The lowest BCUT2D eigenvalue weighted by molar-refractivity contribution is -0.869. The Morgan fingerprint density at radius 2 is 1.74 bits per heavy atom. The number of hydrogen-bond acceptors (Lipinski definition) is 3. The first-order chi connectivity index (χ1) is 7.90. The second-order valence-electron chi connectivity index (χ2n) is 6.38. The highest BCUT2D eigenvalue weighted by molar-refractivity contribution is 7.89. The Bertz CT molecular complexity index is 353. The van der Waals surface area contributed by atoms with Gasteiger partial charge in [0.05, 0.1) is 40.0 Å². The van der Waals surface area contributed by atoms with Crippen molar-refractivity contribution in [1.82, 2.24) is 9.14 Å². The second kappa shape index (κ2) is 8.00. The summed E-state index contributed by atoms with van der Waals surface area (Å²) in [5, 5.41) is 0. The summed E-state index contributed by atoms with van der Waals surface area (Å²) < 4.78 is 26.3. The van der Waals surface area contributed by atoms with Crippen LogP contribution in [-0.4, -0.2) is 69.8 Å². The molecule has 0 aromatic rings. The van der Waals surface area contributed by atoms with Crippen LogP contribution >= 0.6 is 11.8 Å². The van der Waals surface area contributed by atoms with Gasteiger partial charge in [0.1, 0.15) is 0 Å². The van der Waals surface area contributed by atoms with Crippen molar-refractivity contribution >= 4 is 21.8 Å². The Morgan fingerprint density at radius 3 is 2.11 bits per heavy atom. The zero-order valence-electron chi connectivity index (χ0n) is 12.7. The van der Waals surface area contributed by atoms with E-state index in [-0.39, 0.29) is 23.7 Å². The molecule has 0 bridgehead atoms. The van der Waals surface area contributed by atoms with Gasteiger partial charge in [-0.2, -0.15) is 4.31 Å². The first kappa shape index (κ1) is 21.7. The van der Waals surface area contributed by atoms with Crippen LogP contribution in [0.25, 0.3) is 0 Å². The smallest absolute Gasteiger partial charge is 0.214 e. The summed E-state index contributed by atoms with van der Waals surface area (Å²) in [5.74, 6) is 0.105. The van der Waals surface area contributed by atoms with Crippen LogP contribution in [0.3, 0.4) is 0 Å². The Labute approximate surface area is 129 Å². The third-order valence-electron chi connectivity index (χ3n) is 2.80. The molecule has 0 rings (SSSR count). The van der Waals surface area contributed by atoms with Gasteiger partial charge in [0.25, 0.3) is 0 Å². The van der Waals surface area contributed by atoms with E-state index in [1.54, 1.807) is 7.05 Å². The zero-order valence-corrected chi connectivity index (χ0v) is 15.0. The Hall–Kier alpha value is 0.410. The molecule has 8 heteroatoms. The van der Waals surface area contributed by atoms with Crippen LogP contribution in [0.4, 0.5) is 0 Å². The Morgan fingerprint density at radius 1 is 1.26 bits per heavy atom. The molecule has 0 unspecified atom stereocenters. The highest BCUT2D eigenvalue weighted by Crippen LogP contribution is 2.12. The van der Waals surface area contributed by atoms with Gasteiger partial charge in [-0.3, -0.25) is 0 Å². The molecular formula is C11H27Cl2N3O2S. The molecule has 0 aliphatic heterocycles. The molecule has 0 heterocycles. The number of likely N-dealkylation sites (N-methyl/N-ethyl adjacent to an activating group) is 2. The van der Waals surface area contributed by atoms with Gasteiger partial charge in [-0.05, 0) is 32.0 Å². The lowest BCUT2D eigenvalue weighted by Crippen LogP contribution is -3.00. The number of hydrogen-bond donors (Lipinski definition) is 1. The van der Waals surface area contributed by atoms with Gasteiger partial charge in [-0.25, -0.2) is 13.3 Å². The van der Waals surface area contributed by atoms with Crippen molar-refractivity contribution in [2.75, 3.05) is 47.0 Å². The van der Waals surface area contributed by atoms with E-state index >= 15 is 0 Å². The minimum absolute atomic E-state index is 0. The summed E-state index contributed by atoms with van der Waals surface area (Å²) >= 11 is 5.56. The molecule has 0 aromatic heterocycles. The minimum atomic E-state index is -3.20. The fourth-order valence-corrected chi connectivity index (χ4v) is 2.70. The average molecular weight is 336 g/mol. The predicted octanol–water partition coefficient (Wildman–Crippen LogP) is -2.13. The quantitative estimate of drug-likeness (QED) is 0.407. The fourth-order valence-electron chi connectivity index (χ4n) is 1.17. The van der Waals surface area contributed by atoms with Crippen molar-refractivity contribution in [2.24, 2.45) is 0 Å². The van der Waals surface area contributed by atoms with Crippen LogP contribution in [0, 0.1) is 0 Å². The maximum atomic E-state index is 12.1.